The molecule has 0 radical (unpaired) electrons. The van der Waals surface area contributed by atoms with Crippen molar-refractivity contribution in [1.82, 2.24) is 4.90 Å². The van der Waals surface area contributed by atoms with Gasteiger partial charge in [0.05, 0.1) is 6.61 Å². The summed E-state index contributed by atoms with van der Waals surface area (Å²) in [6.07, 6.45) is 0.687. The van der Waals surface area contributed by atoms with Crippen molar-refractivity contribution < 1.29 is 9.53 Å². The van der Waals surface area contributed by atoms with Crippen molar-refractivity contribution in [3.63, 3.8) is 0 Å². The lowest BCUT2D eigenvalue weighted by atomic mass is 10.1. The molecule has 2 N–H and O–H groups in total. The van der Waals surface area contributed by atoms with Crippen molar-refractivity contribution in [2.45, 2.75) is 19.5 Å². The number of amides is 1. The number of cyclic esters (lactones) is 1. The van der Waals surface area contributed by atoms with Crippen LogP contribution < -0.4 is 5.73 Å². The zero-order valence-electron chi connectivity index (χ0n) is 9.19. The fraction of sp³-hybridized carbons (Fsp3) is 0.417. The molecule has 16 heavy (non-hydrogen) atoms. The van der Waals surface area contributed by atoms with Gasteiger partial charge in [-0.05, 0) is 17.5 Å². The lowest BCUT2D eigenvalue weighted by Crippen LogP contribution is -2.37. The van der Waals surface area contributed by atoms with Crippen LogP contribution in [0.2, 0.25) is 0 Å². The molecule has 2 rings (SSSR count). The second-order valence-electron chi connectivity index (χ2n) is 3.91. The largest absolute Gasteiger partial charge is 0.449 e. The number of carbonyl (C=O) groups is 1. The number of rotatable bonds is 3. The van der Waals surface area contributed by atoms with Gasteiger partial charge in [0.1, 0.15) is 0 Å². The summed E-state index contributed by atoms with van der Waals surface area (Å²) in [6, 6.07) is 7.98. The average molecular weight is 220 g/mol. The molecule has 0 unspecified atom stereocenters. The molecule has 0 bridgehead atoms. The molecular formula is C12H16N2O2. The van der Waals surface area contributed by atoms with Gasteiger partial charge in [0.2, 0.25) is 0 Å². The maximum absolute atomic E-state index is 11.4. The topological polar surface area (TPSA) is 55.6 Å². The van der Waals surface area contributed by atoms with Gasteiger partial charge < -0.3 is 15.4 Å². The predicted molar refractivity (Wildman–Crippen MR) is 60.7 cm³/mol. The maximum atomic E-state index is 11.4. The molecule has 4 nitrogen and oxygen atoms in total. The molecule has 1 saturated heterocycles. The Balaban J connectivity index is 2.04. The van der Waals surface area contributed by atoms with Gasteiger partial charge in [-0.2, -0.15) is 0 Å². The highest BCUT2D eigenvalue weighted by molar-refractivity contribution is 5.68. The Morgan fingerprint density at radius 3 is 2.94 bits per heavy atom. The molecule has 1 fully saturated rings. The van der Waals surface area contributed by atoms with Gasteiger partial charge in [0, 0.05) is 19.6 Å². The van der Waals surface area contributed by atoms with Crippen LogP contribution in [0.4, 0.5) is 4.79 Å². The molecule has 1 heterocycles. The second kappa shape index (κ2) is 4.99. The molecule has 4 heteroatoms. The number of carbonyl (C=O) groups excluding carboxylic acids is 1. The minimum Gasteiger partial charge on any atom is -0.449 e. The Labute approximate surface area is 95.0 Å². The Bertz CT molecular complexity index is 379. The molecule has 1 aliphatic rings. The van der Waals surface area contributed by atoms with E-state index in [4.69, 9.17) is 10.5 Å². The molecule has 0 aromatic heterocycles. The number of nitrogens with zero attached hydrogens (tertiary/aromatic N) is 1. The van der Waals surface area contributed by atoms with Gasteiger partial charge in [-0.25, -0.2) is 4.79 Å². The lowest BCUT2D eigenvalue weighted by molar-refractivity contribution is 0.0700. The minimum absolute atomic E-state index is 0.218. The van der Waals surface area contributed by atoms with Crippen molar-refractivity contribution in [2.24, 2.45) is 5.73 Å². The summed E-state index contributed by atoms with van der Waals surface area (Å²) < 4.78 is 4.98. The van der Waals surface area contributed by atoms with E-state index in [1.54, 1.807) is 4.90 Å². The molecular weight excluding hydrogens is 204 g/mol. The van der Waals surface area contributed by atoms with Gasteiger partial charge in [-0.1, -0.05) is 24.3 Å². The van der Waals surface area contributed by atoms with E-state index in [0.717, 1.165) is 24.1 Å². The maximum Gasteiger partial charge on any atom is 0.410 e. The molecule has 0 aliphatic carbocycles. The molecule has 1 aliphatic heterocycles. The van der Waals surface area contributed by atoms with Crippen molar-refractivity contribution in [1.29, 1.82) is 0 Å². The van der Waals surface area contributed by atoms with Crippen molar-refractivity contribution in [3.05, 3.63) is 35.4 Å². The molecule has 0 spiro atoms. The smallest absolute Gasteiger partial charge is 0.410 e. The first-order chi connectivity index (χ1) is 7.79. The number of hydrogen-bond acceptors (Lipinski definition) is 3. The van der Waals surface area contributed by atoms with Crippen LogP contribution in [-0.4, -0.2) is 24.1 Å². The zero-order valence-corrected chi connectivity index (χ0v) is 9.19. The number of benzene rings is 1. The summed E-state index contributed by atoms with van der Waals surface area (Å²) in [5, 5.41) is 0. The van der Waals surface area contributed by atoms with E-state index in [1.165, 1.54) is 0 Å². The Hall–Kier alpha value is -1.55. The van der Waals surface area contributed by atoms with Crippen LogP contribution in [-0.2, 0) is 17.8 Å². The first-order valence-corrected chi connectivity index (χ1v) is 5.49. The number of ether oxygens (including phenoxy) is 1. The third-order valence-electron chi connectivity index (χ3n) is 2.66. The van der Waals surface area contributed by atoms with E-state index in [9.17, 15) is 4.79 Å². The van der Waals surface area contributed by atoms with E-state index in [2.05, 4.69) is 0 Å². The molecule has 0 atom stereocenters. The summed E-state index contributed by atoms with van der Waals surface area (Å²) in [6.45, 7) is 2.44. The summed E-state index contributed by atoms with van der Waals surface area (Å²) >= 11 is 0. The van der Waals surface area contributed by atoms with E-state index in [1.807, 2.05) is 24.3 Å². The number of nitrogens with two attached hydrogens (primary N) is 1. The fourth-order valence-electron chi connectivity index (χ4n) is 1.82. The van der Waals surface area contributed by atoms with E-state index >= 15 is 0 Å². The summed E-state index contributed by atoms with van der Waals surface area (Å²) in [5.41, 5.74) is 7.76. The van der Waals surface area contributed by atoms with Crippen LogP contribution in [0.25, 0.3) is 0 Å². The monoisotopic (exact) mass is 220 g/mol. The normalized spacial score (nSPS) is 16.1. The van der Waals surface area contributed by atoms with Crippen LogP contribution in [0, 0.1) is 0 Å². The lowest BCUT2D eigenvalue weighted by Gasteiger charge is -2.26. The highest BCUT2D eigenvalue weighted by atomic mass is 16.6. The van der Waals surface area contributed by atoms with Crippen LogP contribution in [0.5, 0.6) is 0 Å². The van der Waals surface area contributed by atoms with Crippen molar-refractivity contribution in [2.75, 3.05) is 13.2 Å². The quantitative estimate of drug-likeness (QED) is 0.839. The average Bonchev–Trinajstić information content (AvgIpc) is 2.32. The SMILES string of the molecule is NCc1cccc(CN2CCCOC2=O)c1. The predicted octanol–water partition coefficient (Wildman–Crippen LogP) is 1.49. The van der Waals surface area contributed by atoms with E-state index in [0.29, 0.717) is 19.7 Å². The summed E-state index contributed by atoms with van der Waals surface area (Å²) in [4.78, 5) is 13.2. The van der Waals surface area contributed by atoms with Crippen LogP contribution in [0.1, 0.15) is 17.5 Å². The second-order valence-corrected chi connectivity index (χ2v) is 3.91. The molecule has 1 amide bonds. The van der Waals surface area contributed by atoms with E-state index < -0.39 is 0 Å². The summed E-state index contributed by atoms with van der Waals surface area (Å²) in [7, 11) is 0. The van der Waals surface area contributed by atoms with E-state index in [-0.39, 0.29) is 6.09 Å². The van der Waals surface area contributed by atoms with Crippen molar-refractivity contribution in [3.8, 4) is 0 Å². The fourth-order valence-corrected chi connectivity index (χ4v) is 1.82. The van der Waals surface area contributed by atoms with Gasteiger partial charge in [-0.15, -0.1) is 0 Å². The van der Waals surface area contributed by atoms with Gasteiger partial charge in [-0.3, -0.25) is 0 Å². The summed E-state index contributed by atoms with van der Waals surface area (Å²) in [5.74, 6) is 0. The number of hydrogen-bond donors (Lipinski definition) is 1. The van der Waals surface area contributed by atoms with Crippen molar-refractivity contribution >= 4 is 6.09 Å². The van der Waals surface area contributed by atoms with Gasteiger partial charge in [0.15, 0.2) is 0 Å². The zero-order chi connectivity index (χ0) is 11.4. The highest BCUT2D eigenvalue weighted by Crippen LogP contribution is 2.12. The first kappa shape index (κ1) is 11.0. The van der Waals surface area contributed by atoms with Crippen LogP contribution in [0.3, 0.4) is 0 Å². The van der Waals surface area contributed by atoms with Gasteiger partial charge >= 0.3 is 6.09 Å². The highest BCUT2D eigenvalue weighted by Gasteiger charge is 2.19. The van der Waals surface area contributed by atoms with Crippen LogP contribution >= 0.6 is 0 Å². The molecule has 1 aromatic carbocycles. The minimum atomic E-state index is -0.218. The van der Waals surface area contributed by atoms with Crippen LogP contribution in [0.15, 0.2) is 24.3 Å². The third-order valence-corrected chi connectivity index (χ3v) is 2.66. The van der Waals surface area contributed by atoms with Gasteiger partial charge in [0.25, 0.3) is 0 Å². The Morgan fingerprint density at radius 1 is 1.38 bits per heavy atom. The molecule has 86 valence electrons. The standard InChI is InChI=1S/C12H16N2O2/c13-8-10-3-1-4-11(7-10)9-14-5-2-6-16-12(14)15/h1,3-4,7H,2,5-6,8-9,13H2. The Morgan fingerprint density at radius 2 is 2.19 bits per heavy atom. The molecule has 0 saturated carbocycles. The first-order valence-electron chi connectivity index (χ1n) is 5.49. The Kier molecular flexibility index (Phi) is 3.41. The third kappa shape index (κ3) is 2.52. The molecule has 1 aromatic rings.